The molecule has 0 unspecified atom stereocenters. The van der Waals surface area contributed by atoms with E-state index in [4.69, 9.17) is 16.3 Å². The zero-order valence-electron chi connectivity index (χ0n) is 19.5. The lowest BCUT2D eigenvalue weighted by atomic mass is 10.00. The summed E-state index contributed by atoms with van der Waals surface area (Å²) in [5.74, 6) is -0.0816. The van der Waals surface area contributed by atoms with E-state index < -0.39 is 22.0 Å². The van der Waals surface area contributed by atoms with Crippen LogP contribution in [0.15, 0.2) is 108 Å². The predicted octanol–water partition coefficient (Wildman–Crippen LogP) is 6.06. The molecule has 0 saturated heterocycles. The van der Waals surface area contributed by atoms with Gasteiger partial charge in [0, 0.05) is 10.6 Å². The van der Waals surface area contributed by atoms with Crippen molar-refractivity contribution >= 4 is 33.2 Å². The summed E-state index contributed by atoms with van der Waals surface area (Å²) in [5, 5.41) is 3.17. The number of amides is 1. The van der Waals surface area contributed by atoms with Gasteiger partial charge in [-0.3, -0.25) is 4.79 Å². The molecule has 0 aliphatic heterocycles. The molecule has 6 nitrogen and oxygen atoms in total. The van der Waals surface area contributed by atoms with Gasteiger partial charge >= 0.3 is 0 Å². The summed E-state index contributed by atoms with van der Waals surface area (Å²) < 4.78 is 35.5. The summed E-state index contributed by atoms with van der Waals surface area (Å²) in [6.45, 7) is 2.15. The summed E-state index contributed by atoms with van der Waals surface area (Å²) in [4.78, 5) is 12.8. The molecule has 0 atom stereocenters. The van der Waals surface area contributed by atoms with Crippen molar-refractivity contribution in [1.29, 1.82) is 0 Å². The molecule has 184 valence electrons. The Kier molecular flexibility index (Phi) is 8.05. The van der Waals surface area contributed by atoms with E-state index in [0.717, 1.165) is 11.1 Å². The summed E-state index contributed by atoms with van der Waals surface area (Å²) in [6, 6.07) is 28.9. The highest BCUT2D eigenvalue weighted by atomic mass is 35.5. The van der Waals surface area contributed by atoms with E-state index in [1.807, 2.05) is 60.7 Å². The number of hydrogen-bond acceptors (Lipinski definition) is 4. The number of ether oxygens (including phenoxy) is 1. The first-order valence-corrected chi connectivity index (χ1v) is 13.2. The molecule has 0 radical (unpaired) electrons. The SMILES string of the molecule is CCOc1ccc(S(=O)(=O)NC(c2ccccc2)c2ccccc2)cc1NC(=O)c1cccc(Cl)c1. The average molecular weight is 521 g/mol. The highest BCUT2D eigenvalue weighted by Gasteiger charge is 2.24. The van der Waals surface area contributed by atoms with Crippen LogP contribution in [0.2, 0.25) is 5.02 Å². The van der Waals surface area contributed by atoms with Gasteiger partial charge in [-0.15, -0.1) is 0 Å². The highest BCUT2D eigenvalue weighted by molar-refractivity contribution is 7.89. The molecule has 0 aliphatic carbocycles. The summed E-state index contributed by atoms with van der Waals surface area (Å²) in [7, 11) is -4.00. The van der Waals surface area contributed by atoms with Gasteiger partial charge in [0.05, 0.1) is 23.2 Å². The molecular formula is C28H25ClN2O4S. The minimum Gasteiger partial charge on any atom is -0.492 e. The van der Waals surface area contributed by atoms with E-state index in [0.29, 0.717) is 22.9 Å². The maximum Gasteiger partial charge on any atom is 0.255 e. The molecule has 0 bridgehead atoms. The maximum atomic E-state index is 13.5. The van der Waals surface area contributed by atoms with Gasteiger partial charge in [-0.2, -0.15) is 4.72 Å². The zero-order valence-corrected chi connectivity index (χ0v) is 21.1. The highest BCUT2D eigenvalue weighted by Crippen LogP contribution is 2.30. The van der Waals surface area contributed by atoms with Crippen molar-refractivity contribution in [2.24, 2.45) is 0 Å². The van der Waals surface area contributed by atoms with Gasteiger partial charge in [-0.25, -0.2) is 8.42 Å². The largest absolute Gasteiger partial charge is 0.492 e. The molecule has 1 amide bonds. The van der Waals surface area contributed by atoms with Gasteiger partial charge in [0.15, 0.2) is 0 Å². The van der Waals surface area contributed by atoms with E-state index in [1.165, 1.54) is 24.3 Å². The van der Waals surface area contributed by atoms with E-state index >= 15 is 0 Å². The normalized spacial score (nSPS) is 11.3. The van der Waals surface area contributed by atoms with Crippen molar-refractivity contribution in [3.05, 3.63) is 125 Å². The van der Waals surface area contributed by atoms with Crippen LogP contribution in [0.4, 0.5) is 5.69 Å². The molecule has 4 aromatic carbocycles. The average Bonchev–Trinajstić information content (AvgIpc) is 2.89. The van der Waals surface area contributed by atoms with Crippen LogP contribution in [0.1, 0.15) is 34.5 Å². The summed E-state index contributed by atoms with van der Waals surface area (Å²) in [6.07, 6.45) is 0. The fourth-order valence-corrected chi connectivity index (χ4v) is 5.15. The van der Waals surface area contributed by atoms with Crippen LogP contribution in [-0.2, 0) is 10.0 Å². The van der Waals surface area contributed by atoms with E-state index in [9.17, 15) is 13.2 Å². The summed E-state index contributed by atoms with van der Waals surface area (Å²) in [5.41, 5.74) is 2.17. The third kappa shape index (κ3) is 6.12. The van der Waals surface area contributed by atoms with Crippen LogP contribution in [0, 0.1) is 0 Å². The first-order valence-electron chi connectivity index (χ1n) is 11.3. The van der Waals surface area contributed by atoms with Gasteiger partial charge in [0.25, 0.3) is 5.91 Å². The number of sulfonamides is 1. The molecule has 0 heterocycles. The zero-order chi connectivity index (χ0) is 25.5. The van der Waals surface area contributed by atoms with Gasteiger partial charge in [-0.1, -0.05) is 78.3 Å². The summed E-state index contributed by atoms with van der Waals surface area (Å²) >= 11 is 6.02. The minimum absolute atomic E-state index is 0.00999. The first kappa shape index (κ1) is 25.4. The number of benzene rings is 4. The molecule has 0 spiro atoms. The topological polar surface area (TPSA) is 84.5 Å². The second-order valence-corrected chi connectivity index (χ2v) is 10.1. The standard InChI is InChI=1S/C28H25ClN2O4S/c1-2-35-26-17-16-24(19-25(26)30-28(32)22-14-9-15-23(29)18-22)36(33,34)31-27(20-10-5-3-6-11-20)21-12-7-4-8-13-21/h3-19,27,31H,2H2,1H3,(H,30,32). The predicted molar refractivity (Wildman–Crippen MR) is 142 cm³/mol. The van der Waals surface area contributed by atoms with E-state index in [2.05, 4.69) is 10.0 Å². The third-order valence-electron chi connectivity index (χ3n) is 5.43. The van der Waals surface area contributed by atoms with Crippen molar-refractivity contribution in [3.8, 4) is 5.75 Å². The number of rotatable bonds is 9. The Hall–Kier alpha value is -3.65. The van der Waals surface area contributed by atoms with Crippen LogP contribution >= 0.6 is 11.6 Å². The Labute approximate surface area is 216 Å². The second kappa shape index (κ2) is 11.4. The Morgan fingerprint density at radius 3 is 2.08 bits per heavy atom. The van der Waals surface area contributed by atoms with E-state index in [1.54, 1.807) is 25.1 Å². The lowest BCUT2D eigenvalue weighted by Gasteiger charge is -2.20. The Balaban J connectivity index is 1.68. The van der Waals surface area contributed by atoms with Crippen LogP contribution in [0.25, 0.3) is 0 Å². The molecule has 0 fully saturated rings. The van der Waals surface area contributed by atoms with Gasteiger partial charge < -0.3 is 10.1 Å². The molecule has 36 heavy (non-hydrogen) atoms. The number of carbonyl (C=O) groups excluding carboxylic acids is 1. The molecule has 0 saturated carbocycles. The molecule has 4 aromatic rings. The fourth-order valence-electron chi connectivity index (χ4n) is 3.72. The number of carbonyl (C=O) groups is 1. The van der Waals surface area contributed by atoms with Crippen LogP contribution in [0.5, 0.6) is 5.75 Å². The van der Waals surface area contributed by atoms with Crippen LogP contribution < -0.4 is 14.8 Å². The monoisotopic (exact) mass is 520 g/mol. The van der Waals surface area contributed by atoms with Crippen molar-refractivity contribution in [1.82, 2.24) is 4.72 Å². The number of nitrogens with one attached hydrogen (secondary N) is 2. The van der Waals surface area contributed by atoms with Gasteiger partial charge in [-0.05, 0) is 54.4 Å². The number of hydrogen-bond donors (Lipinski definition) is 2. The van der Waals surface area contributed by atoms with Crippen molar-refractivity contribution in [3.63, 3.8) is 0 Å². The lowest BCUT2D eigenvalue weighted by Crippen LogP contribution is -2.29. The van der Waals surface area contributed by atoms with Crippen molar-refractivity contribution < 1.29 is 17.9 Å². The quantitative estimate of drug-likeness (QED) is 0.281. The third-order valence-corrected chi connectivity index (χ3v) is 7.09. The second-order valence-electron chi connectivity index (χ2n) is 7.93. The maximum absolute atomic E-state index is 13.5. The Morgan fingerprint density at radius 2 is 1.50 bits per heavy atom. The molecule has 0 aliphatic rings. The molecule has 0 aromatic heterocycles. The Bertz CT molecular complexity index is 1410. The van der Waals surface area contributed by atoms with E-state index in [-0.39, 0.29) is 10.6 Å². The van der Waals surface area contributed by atoms with Crippen molar-refractivity contribution in [2.45, 2.75) is 17.9 Å². The fraction of sp³-hybridized carbons (Fsp3) is 0.107. The number of halogens is 1. The van der Waals surface area contributed by atoms with Crippen molar-refractivity contribution in [2.75, 3.05) is 11.9 Å². The first-order chi connectivity index (χ1) is 17.4. The lowest BCUT2D eigenvalue weighted by molar-refractivity contribution is 0.102. The molecular weight excluding hydrogens is 496 g/mol. The molecule has 2 N–H and O–H groups in total. The molecule has 4 rings (SSSR count). The van der Waals surface area contributed by atoms with Crippen LogP contribution in [0.3, 0.4) is 0 Å². The smallest absolute Gasteiger partial charge is 0.255 e. The van der Waals surface area contributed by atoms with Crippen LogP contribution in [-0.4, -0.2) is 20.9 Å². The minimum atomic E-state index is -4.00. The molecule has 8 heteroatoms. The Morgan fingerprint density at radius 1 is 0.861 bits per heavy atom. The van der Waals surface area contributed by atoms with Gasteiger partial charge in [0.1, 0.15) is 5.75 Å². The van der Waals surface area contributed by atoms with Gasteiger partial charge in [0.2, 0.25) is 10.0 Å². The number of anilines is 1.